The number of aliphatic hydroxyl groups is 3. The third kappa shape index (κ3) is 3.64. The van der Waals surface area contributed by atoms with Gasteiger partial charge >= 0.3 is 5.97 Å². The fourth-order valence-electron chi connectivity index (χ4n) is 3.99. The van der Waals surface area contributed by atoms with Gasteiger partial charge in [-0.2, -0.15) is 0 Å². The Bertz CT molecular complexity index is 911. The molecule has 1 saturated heterocycles. The number of esters is 1. The van der Waals surface area contributed by atoms with Gasteiger partial charge in [-0.1, -0.05) is 91.0 Å². The summed E-state index contributed by atoms with van der Waals surface area (Å²) in [6.07, 6.45) is -2.76. The highest BCUT2D eigenvalue weighted by Crippen LogP contribution is 2.41. The monoisotopic (exact) mass is 420 g/mol. The summed E-state index contributed by atoms with van der Waals surface area (Å²) in [5.74, 6) is -1.07. The number of carbonyl (C=O) groups is 1. The maximum atomic E-state index is 12.0. The summed E-state index contributed by atoms with van der Waals surface area (Å²) in [5.41, 5.74) is -0.866. The minimum Gasteiger partial charge on any atom is -0.455 e. The average molecular weight is 420 g/mol. The van der Waals surface area contributed by atoms with Crippen LogP contribution < -0.4 is 0 Å². The lowest BCUT2D eigenvalue weighted by molar-refractivity contribution is -0.161. The number of rotatable bonds is 7. The standard InChI is InChI=1S/C25H24O6/c26-17-24(29)22(27)21(31-23(24)28)16-30-25(18-10-4-1-5-11-18,19-12-6-2-7-13-19)20-14-8-3-9-15-20/h1-15,21-22,26-27,29H,16-17H2/t21-,22-,24-/m1/s1. The average Bonchev–Trinajstić information content (AvgIpc) is 3.05. The van der Waals surface area contributed by atoms with E-state index in [0.29, 0.717) is 0 Å². The van der Waals surface area contributed by atoms with Crippen molar-refractivity contribution in [3.63, 3.8) is 0 Å². The predicted molar refractivity (Wildman–Crippen MR) is 113 cm³/mol. The fourth-order valence-corrected chi connectivity index (χ4v) is 3.99. The molecule has 3 aromatic rings. The summed E-state index contributed by atoms with van der Waals surface area (Å²) in [6, 6.07) is 28.9. The van der Waals surface area contributed by atoms with Gasteiger partial charge in [0.15, 0.2) is 6.10 Å². The van der Waals surface area contributed by atoms with Crippen molar-refractivity contribution < 1.29 is 29.6 Å². The lowest BCUT2D eigenvalue weighted by atomic mass is 9.80. The fraction of sp³-hybridized carbons (Fsp3) is 0.240. The van der Waals surface area contributed by atoms with Crippen molar-refractivity contribution in [1.29, 1.82) is 0 Å². The van der Waals surface area contributed by atoms with Gasteiger partial charge in [0.2, 0.25) is 5.60 Å². The topological polar surface area (TPSA) is 96.2 Å². The molecule has 0 amide bonds. The molecule has 31 heavy (non-hydrogen) atoms. The number of cyclic esters (lactones) is 1. The van der Waals surface area contributed by atoms with E-state index in [9.17, 15) is 20.1 Å². The van der Waals surface area contributed by atoms with Crippen LogP contribution in [0.2, 0.25) is 0 Å². The molecule has 160 valence electrons. The normalized spacial score (nSPS) is 23.5. The van der Waals surface area contributed by atoms with E-state index in [2.05, 4.69) is 0 Å². The van der Waals surface area contributed by atoms with Gasteiger partial charge < -0.3 is 24.8 Å². The van der Waals surface area contributed by atoms with Crippen LogP contribution in [0.1, 0.15) is 16.7 Å². The van der Waals surface area contributed by atoms with E-state index < -0.39 is 36.0 Å². The summed E-state index contributed by atoms with van der Waals surface area (Å²) in [7, 11) is 0. The van der Waals surface area contributed by atoms with Gasteiger partial charge in [0, 0.05) is 0 Å². The Kier molecular flexibility index (Phi) is 5.89. The van der Waals surface area contributed by atoms with Crippen molar-refractivity contribution >= 4 is 5.97 Å². The maximum absolute atomic E-state index is 12.0. The van der Waals surface area contributed by atoms with Gasteiger partial charge in [0.05, 0.1) is 13.2 Å². The molecule has 1 heterocycles. The van der Waals surface area contributed by atoms with Crippen LogP contribution in [0.15, 0.2) is 91.0 Å². The molecule has 6 nitrogen and oxygen atoms in total. The molecule has 3 aromatic carbocycles. The third-order valence-corrected chi connectivity index (χ3v) is 5.70. The van der Waals surface area contributed by atoms with Crippen LogP contribution >= 0.6 is 0 Å². The highest BCUT2D eigenvalue weighted by Gasteiger charge is 2.56. The molecule has 0 saturated carbocycles. The van der Waals surface area contributed by atoms with Gasteiger partial charge in [0.1, 0.15) is 11.7 Å². The zero-order chi connectivity index (χ0) is 21.9. The molecule has 0 aliphatic carbocycles. The first-order valence-corrected chi connectivity index (χ1v) is 10.1. The zero-order valence-electron chi connectivity index (χ0n) is 16.8. The Labute approximate surface area is 180 Å². The maximum Gasteiger partial charge on any atom is 0.343 e. The molecule has 0 aromatic heterocycles. The Hall–Kier alpha value is -3.03. The van der Waals surface area contributed by atoms with Gasteiger partial charge in [0.25, 0.3) is 0 Å². The van der Waals surface area contributed by atoms with Crippen LogP contribution in [0.3, 0.4) is 0 Å². The van der Waals surface area contributed by atoms with Gasteiger partial charge in [-0.15, -0.1) is 0 Å². The molecule has 0 radical (unpaired) electrons. The van der Waals surface area contributed by atoms with Gasteiger partial charge in [-0.25, -0.2) is 4.79 Å². The Balaban J connectivity index is 1.79. The lowest BCUT2D eigenvalue weighted by Gasteiger charge is -2.37. The summed E-state index contributed by atoms with van der Waals surface area (Å²) in [5, 5.41) is 30.1. The Morgan fingerprint density at radius 3 is 1.61 bits per heavy atom. The van der Waals surface area contributed by atoms with Crippen molar-refractivity contribution in [3.8, 4) is 0 Å². The second-order valence-electron chi connectivity index (χ2n) is 7.56. The molecule has 6 heteroatoms. The van der Waals surface area contributed by atoms with Crippen LogP contribution in [-0.2, 0) is 19.9 Å². The van der Waals surface area contributed by atoms with Crippen molar-refractivity contribution in [1.82, 2.24) is 0 Å². The number of hydrogen-bond acceptors (Lipinski definition) is 6. The number of hydrogen-bond donors (Lipinski definition) is 3. The highest BCUT2D eigenvalue weighted by atomic mass is 16.6. The molecule has 1 aliphatic heterocycles. The number of benzene rings is 3. The molecule has 0 unspecified atom stereocenters. The molecular weight excluding hydrogens is 396 g/mol. The van der Waals surface area contributed by atoms with Crippen LogP contribution in [0.25, 0.3) is 0 Å². The van der Waals surface area contributed by atoms with E-state index in [1.807, 2.05) is 91.0 Å². The molecule has 1 aliphatic rings. The van der Waals surface area contributed by atoms with Crippen molar-refractivity contribution in [2.45, 2.75) is 23.4 Å². The van der Waals surface area contributed by atoms with E-state index in [4.69, 9.17) is 9.47 Å². The molecule has 1 fully saturated rings. The number of carbonyl (C=O) groups excluding carboxylic acids is 1. The first-order valence-electron chi connectivity index (χ1n) is 10.1. The largest absolute Gasteiger partial charge is 0.455 e. The minimum absolute atomic E-state index is 0.200. The second-order valence-corrected chi connectivity index (χ2v) is 7.56. The minimum atomic E-state index is -2.36. The summed E-state index contributed by atoms with van der Waals surface area (Å²) in [6.45, 7) is -1.14. The summed E-state index contributed by atoms with van der Waals surface area (Å²) >= 11 is 0. The molecule has 3 N–H and O–H groups in total. The van der Waals surface area contributed by atoms with Crippen LogP contribution in [0.4, 0.5) is 0 Å². The van der Waals surface area contributed by atoms with Crippen molar-refractivity contribution in [2.75, 3.05) is 13.2 Å². The summed E-state index contributed by atoms with van der Waals surface area (Å²) in [4.78, 5) is 12.0. The van der Waals surface area contributed by atoms with Crippen molar-refractivity contribution in [3.05, 3.63) is 108 Å². The van der Waals surface area contributed by atoms with Gasteiger partial charge in [-0.05, 0) is 16.7 Å². The van der Waals surface area contributed by atoms with E-state index in [0.717, 1.165) is 16.7 Å². The molecular formula is C25H24O6. The second kappa shape index (κ2) is 8.61. The van der Waals surface area contributed by atoms with Gasteiger partial charge in [-0.3, -0.25) is 0 Å². The Morgan fingerprint density at radius 1 is 0.839 bits per heavy atom. The zero-order valence-corrected chi connectivity index (χ0v) is 16.8. The highest BCUT2D eigenvalue weighted by molar-refractivity contribution is 5.83. The first kappa shape index (κ1) is 21.2. The van der Waals surface area contributed by atoms with E-state index in [-0.39, 0.29) is 6.61 Å². The molecule has 3 atom stereocenters. The Morgan fingerprint density at radius 2 is 1.26 bits per heavy atom. The smallest absolute Gasteiger partial charge is 0.343 e. The van der Waals surface area contributed by atoms with Crippen molar-refractivity contribution in [2.24, 2.45) is 0 Å². The molecule has 0 spiro atoms. The quantitative estimate of drug-likeness (QED) is 0.400. The van der Waals surface area contributed by atoms with E-state index in [1.54, 1.807) is 0 Å². The number of aliphatic hydroxyl groups excluding tert-OH is 2. The molecule has 0 bridgehead atoms. The SMILES string of the molecule is O=C1O[C@H](COC(c2ccccc2)(c2ccccc2)c2ccccc2)[C@@H](O)[C@]1(O)CO. The van der Waals surface area contributed by atoms with E-state index >= 15 is 0 Å². The first-order chi connectivity index (χ1) is 15.0. The van der Waals surface area contributed by atoms with E-state index in [1.165, 1.54) is 0 Å². The van der Waals surface area contributed by atoms with Crippen LogP contribution in [-0.4, -0.2) is 52.3 Å². The van der Waals surface area contributed by atoms with Crippen LogP contribution in [0, 0.1) is 0 Å². The molecule has 4 rings (SSSR count). The third-order valence-electron chi connectivity index (χ3n) is 5.70. The predicted octanol–water partition coefficient (Wildman–Crippen LogP) is 2.00. The number of ether oxygens (including phenoxy) is 2. The lowest BCUT2D eigenvalue weighted by Crippen LogP contribution is -2.50. The summed E-state index contributed by atoms with van der Waals surface area (Å²) < 4.78 is 11.7. The van der Waals surface area contributed by atoms with Crippen LogP contribution in [0.5, 0.6) is 0 Å².